The average Bonchev–Trinajstić information content (AvgIpc) is 4.01. The highest BCUT2D eigenvalue weighted by atomic mass is 16.3. The molecule has 0 amide bonds. The number of nitrogens with zero attached hydrogens (tertiary/aromatic N) is 2. The van der Waals surface area contributed by atoms with Crippen molar-refractivity contribution in [2.75, 3.05) is 4.90 Å². The number of hydrogen-bond donors (Lipinski definition) is 0. The van der Waals surface area contributed by atoms with E-state index in [-0.39, 0.29) is 0 Å². The van der Waals surface area contributed by atoms with Crippen molar-refractivity contribution in [3.63, 3.8) is 0 Å². The molecule has 1 aliphatic rings. The molecule has 0 N–H and O–H groups in total. The number of fused-ring (bicyclic) bond motifs is 9. The standard InChI is InChI=1S/C61H40N2O/c1-3-18-43(19-4-1)61(44-20-5-2-6-21-44)55-29-11-7-25-49(55)53-40-48(34-35-56(53)61)62(45-22-15-17-41(37-45)42-33-36-60-54(38-42)52-28-10-14-32-59(52)64-60)46-23-16-24-47(39-46)63-57-30-12-8-26-50(57)51-27-9-13-31-58(51)63/h1-40H. The third kappa shape index (κ3) is 5.41. The molecule has 0 unspecified atom stereocenters. The molecule has 13 rings (SSSR count). The van der Waals surface area contributed by atoms with Gasteiger partial charge < -0.3 is 13.9 Å². The lowest BCUT2D eigenvalue weighted by atomic mass is 9.68. The van der Waals surface area contributed by atoms with E-state index in [2.05, 4.69) is 240 Å². The molecule has 2 aromatic heterocycles. The minimum atomic E-state index is -0.482. The maximum absolute atomic E-state index is 6.24. The van der Waals surface area contributed by atoms with Crippen molar-refractivity contribution in [3.8, 4) is 27.9 Å². The van der Waals surface area contributed by atoms with Gasteiger partial charge in [0.2, 0.25) is 0 Å². The highest BCUT2D eigenvalue weighted by Gasteiger charge is 2.46. The molecule has 0 atom stereocenters. The molecule has 0 radical (unpaired) electrons. The minimum Gasteiger partial charge on any atom is -0.456 e. The molecule has 3 nitrogen and oxygen atoms in total. The van der Waals surface area contributed by atoms with Crippen LogP contribution in [-0.4, -0.2) is 4.57 Å². The maximum Gasteiger partial charge on any atom is 0.135 e. The van der Waals surface area contributed by atoms with Crippen molar-refractivity contribution in [2.45, 2.75) is 5.41 Å². The number of hydrogen-bond acceptors (Lipinski definition) is 2. The third-order valence-corrected chi connectivity index (χ3v) is 13.4. The van der Waals surface area contributed by atoms with Gasteiger partial charge in [-0.25, -0.2) is 0 Å². The van der Waals surface area contributed by atoms with Crippen LogP contribution in [0.15, 0.2) is 247 Å². The van der Waals surface area contributed by atoms with E-state index in [1.54, 1.807) is 0 Å². The van der Waals surface area contributed by atoms with Crippen molar-refractivity contribution < 1.29 is 4.42 Å². The van der Waals surface area contributed by atoms with Gasteiger partial charge in [-0.05, 0) is 117 Å². The van der Waals surface area contributed by atoms with Crippen LogP contribution in [0.4, 0.5) is 17.1 Å². The lowest BCUT2D eigenvalue weighted by Gasteiger charge is -2.34. The summed E-state index contributed by atoms with van der Waals surface area (Å²) in [5, 5.41) is 4.73. The first-order valence-corrected chi connectivity index (χ1v) is 22.0. The second-order valence-electron chi connectivity index (χ2n) is 16.8. The van der Waals surface area contributed by atoms with Gasteiger partial charge in [0, 0.05) is 44.3 Å². The van der Waals surface area contributed by atoms with Crippen LogP contribution in [0.3, 0.4) is 0 Å². The van der Waals surface area contributed by atoms with Crippen LogP contribution in [0, 0.1) is 0 Å². The van der Waals surface area contributed by atoms with E-state index < -0.39 is 5.41 Å². The van der Waals surface area contributed by atoms with E-state index in [0.717, 1.165) is 55.8 Å². The van der Waals surface area contributed by atoms with Crippen molar-refractivity contribution in [1.29, 1.82) is 0 Å². The highest BCUT2D eigenvalue weighted by Crippen LogP contribution is 2.57. The fourth-order valence-electron chi connectivity index (χ4n) is 10.7. The Balaban J connectivity index is 1.04. The lowest BCUT2D eigenvalue weighted by Crippen LogP contribution is -2.28. The molecule has 0 aliphatic heterocycles. The SMILES string of the molecule is c1ccc(C2(c3ccccc3)c3ccccc3-c3cc(N(c4cccc(-c5ccc6oc7ccccc7c6c5)c4)c4cccc(-n5c6ccccc6c6ccccc65)c4)ccc32)cc1. The summed E-state index contributed by atoms with van der Waals surface area (Å²) in [7, 11) is 0. The molecule has 3 heteroatoms. The number of para-hydroxylation sites is 3. The zero-order valence-corrected chi connectivity index (χ0v) is 34.9. The molecule has 2 heterocycles. The van der Waals surface area contributed by atoms with Gasteiger partial charge in [0.25, 0.3) is 0 Å². The molecule has 0 saturated carbocycles. The fraction of sp³-hybridized carbons (Fsp3) is 0.0164. The van der Waals surface area contributed by atoms with Gasteiger partial charge in [-0.1, -0.05) is 170 Å². The van der Waals surface area contributed by atoms with Gasteiger partial charge >= 0.3 is 0 Å². The minimum absolute atomic E-state index is 0.482. The molecule has 1 aliphatic carbocycles. The Morgan fingerprint density at radius 2 is 0.906 bits per heavy atom. The van der Waals surface area contributed by atoms with Crippen molar-refractivity contribution in [1.82, 2.24) is 4.57 Å². The molecule has 64 heavy (non-hydrogen) atoms. The van der Waals surface area contributed by atoms with Crippen LogP contribution in [0.1, 0.15) is 22.3 Å². The largest absolute Gasteiger partial charge is 0.456 e. The first-order valence-electron chi connectivity index (χ1n) is 22.0. The van der Waals surface area contributed by atoms with Crippen molar-refractivity contribution in [2.24, 2.45) is 0 Å². The van der Waals surface area contributed by atoms with Gasteiger partial charge in [0.15, 0.2) is 0 Å². The summed E-state index contributed by atoms with van der Waals surface area (Å²) in [6.45, 7) is 0. The number of furan rings is 1. The summed E-state index contributed by atoms with van der Waals surface area (Å²) in [5.41, 5.74) is 17.8. The quantitative estimate of drug-likeness (QED) is 0.160. The number of aromatic nitrogens is 1. The monoisotopic (exact) mass is 816 g/mol. The van der Waals surface area contributed by atoms with E-state index in [1.165, 1.54) is 55.2 Å². The number of anilines is 3. The van der Waals surface area contributed by atoms with E-state index in [9.17, 15) is 0 Å². The fourth-order valence-corrected chi connectivity index (χ4v) is 10.7. The Morgan fingerprint density at radius 1 is 0.344 bits per heavy atom. The zero-order valence-electron chi connectivity index (χ0n) is 34.9. The topological polar surface area (TPSA) is 21.3 Å². The summed E-state index contributed by atoms with van der Waals surface area (Å²) in [6, 6.07) is 88.4. The van der Waals surface area contributed by atoms with E-state index in [1.807, 2.05) is 12.1 Å². The van der Waals surface area contributed by atoms with Gasteiger partial charge in [-0.15, -0.1) is 0 Å². The third-order valence-electron chi connectivity index (χ3n) is 13.4. The predicted octanol–water partition coefficient (Wildman–Crippen LogP) is 16.2. The molecule has 0 bridgehead atoms. The average molecular weight is 817 g/mol. The predicted molar refractivity (Wildman–Crippen MR) is 265 cm³/mol. The van der Waals surface area contributed by atoms with Crippen LogP contribution in [0.2, 0.25) is 0 Å². The normalized spacial score (nSPS) is 12.8. The van der Waals surface area contributed by atoms with Crippen molar-refractivity contribution >= 4 is 60.8 Å². The first-order chi connectivity index (χ1) is 31.7. The Morgan fingerprint density at radius 3 is 1.66 bits per heavy atom. The lowest BCUT2D eigenvalue weighted by molar-refractivity contribution is 0.669. The Bertz CT molecular complexity index is 3650. The number of rotatable bonds is 7. The second-order valence-corrected chi connectivity index (χ2v) is 16.8. The maximum atomic E-state index is 6.24. The molecule has 0 spiro atoms. The molecule has 300 valence electrons. The molecular weight excluding hydrogens is 777 g/mol. The van der Waals surface area contributed by atoms with Crippen LogP contribution < -0.4 is 4.90 Å². The van der Waals surface area contributed by atoms with Crippen molar-refractivity contribution in [3.05, 3.63) is 265 Å². The van der Waals surface area contributed by atoms with Crippen LogP contribution in [0.5, 0.6) is 0 Å². The second kappa shape index (κ2) is 14.3. The smallest absolute Gasteiger partial charge is 0.135 e. The summed E-state index contributed by atoms with van der Waals surface area (Å²) >= 11 is 0. The van der Waals surface area contributed by atoms with Crippen LogP contribution >= 0.6 is 0 Å². The number of benzene rings is 10. The molecule has 10 aromatic carbocycles. The van der Waals surface area contributed by atoms with Gasteiger partial charge in [-0.3, -0.25) is 0 Å². The Labute approximate surface area is 371 Å². The summed E-state index contributed by atoms with van der Waals surface area (Å²) in [6.07, 6.45) is 0. The van der Waals surface area contributed by atoms with E-state index in [0.29, 0.717) is 0 Å². The summed E-state index contributed by atoms with van der Waals surface area (Å²) in [4.78, 5) is 2.43. The first kappa shape index (κ1) is 36.3. The zero-order chi connectivity index (χ0) is 42.2. The molecular formula is C61H40N2O. The van der Waals surface area contributed by atoms with Crippen LogP contribution in [-0.2, 0) is 5.41 Å². The summed E-state index contributed by atoms with van der Waals surface area (Å²) in [5.74, 6) is 0. The Hall–Kier alpha value is -8.40. The van der Waals surface area contributed by atoms with Crippen LogP contribution in [0.25, 0.3) is 71.7 Å². The molecule has 0 fully saturated rings. The Kier molecular flexibility index (Phi) is 8.13. The van der Waals surface area contributed by atoms with Gasteiger partial charge in [-0.2, -0.15) is 0 Å². The highest BCUT2D eigenvalue weighted by molar-refractivity contribution is 6.09. The molecule has 12 aromatic rings. The van der Waals surface area contributed by atoms with E-state index in [4.69, 9.17) is 4.42 Å². The van der Waals surface area contributed by atoms with Gasteiger partial charge in [0.1, 0.15) is 11.2 Å². The van der Waals surface area contributed by atoms with E-state index >= 15 is 0 Å². The molecule has 0 saturated heterocycles. The summed E-state index contributed by atoms with van der Waals surface area (Å²) < 4.78 is 8.64. The van der Waals surface area contributed by atoms with Gasteiger partial charge in [0.05, 0.1) is 16.4 Å².